The van der Waals surface area contributed by atoms with Crippen molar-refractivity contribution in [2.45, 2.75) is 31.2 Å². The van der Waals surface area contributed by atoms with E-state index in [1.54, 1.807) is 27.9 Å². The van der Waals surface area contributed by atoms with Crippen molar-refractivity contribution >= 4 is 17.5 Å². The van der Waals surface area contributed by atoms with Gasteiger partial charge in [0, 0.05) is 20.5 Å². The largest absolute Gasteiger partial charge is 0.390 e. The molecule has 0 bridgehead atoms. The summed E-state index contributed by atoms with van der Waals surface area (Å²) in [5.41, 5.74) is -0.891. The van der Waals surface area contributed by atoms with Gasteiger partial charge >= 0.3 is 0 Å². The number of alkyl halides is 1. The minimum atomic E-state index is -0.891. The summed E-state index contributed by atoms with van der Waals surface area (Å²) < 4.78 is 0. The van der Waals surface area contributed by atoms with Crippen LogP contribution in [0.2, 0.25) is 0 Å². The first-order valence-electron chi connectivity index (χ1n) is 3.81. The summed E-state index contributed by atoms with van der Waals surface area (Å²) in [6.07, 6.45) is 0.269. The Morgan fingerprint density at radius 1 is 1.58 bits per heavy atom. The molecule has 0 rings (SSSR count). The summed E-state index contributed by atoms with van der Waals surface area (Å²) in [5.74, 6) is -0.168. The number of amides is 1. The molecule has 0 heterocycles. The maximum absolute atomic E-state index is 11.2. The maximum Gasteiger partial charge on any atom is 0.240 e. The number of nitrogens with zero attached hydrogens (tertiary/aromatic N) is 1. The van der Waals surface area contributed by atoms with Crippen LogP contribution < -0.4 is 0 Å². The Morgan fingerprint density at radius 3 is 2.25 bits per heavy atom. The Kier molecular flexibility index (Phi) is 4.00. The molecule has 0 aliphatic carbocycles. The molecule has 1 unspecified atom stereocenters. The van der Waals surface area contributed by atoms with E-state index < -0.39 is 11.0 Å². The number of carbonyl (C=O) groups is 1. The molecular weight excluding hydrogens is 178 g/mol. The Labute approximate surface area is 78.3 Å². The van der Waals surface area contributed by atoms with Gasteiger partial charge in [-0.15, -0.1) is 11.6 Å². The first-order chi connectivity index (χ1) is 5.24. The third-order valence-electron chi connectivity index (χ3n) is 1.39. The van der Waals surface area contributed by atoms with Crippen LogP contribution in [0.4, 0.5) is 0 Å². The van der Waals surface area contributed by atoms with Gasteiger partial charge in [-0.2, -0.15) is 0 Å². The molecule has 1 atom stereocenters. The number of rotatable bonds is 3. The molecule has 4 heteroatoms. The first-order valence-corrected chi connectivity index (χ1v) is 4.25. The number of hydrogen-bond acceptors (Lipinski definition) is 2. The van der Waals surface area contributed by atoms with Crippen molar-refractivity contribution in [2.24, 2.45) is 0 Å². The van der Waals surface area contributed by atoms with Crippen LogP contribution in [-0.4, -0.2) is 41.0 Å². The minimum absolute atomic E-state index is 0.168. The fourth-order valence-corrected chi connectivity index (χ4v) is 1.38. The van der Waals surface area contributed by atoms with E-state index in [1.807, 2.05) is 0 Å². The van der Waals surface area contributed by atoms with Gasteiger partial charge in [-0.25, -0.2) is 0 Å². The molecule has 12 heavy (non-hydrogen) atoms. The Morgan fingerprint density at radius 2 is 2.00 bits per heavy atom. The van der Waals surface area contributed by atoms with Crippen LogP contribution in [0.5, 0.6) is 0 Å². The summed E-state index contributed by atoms with van der Waals surface area (Å²) in [6.45, 7) is 3.26. The second-order valence-corrected chi connectivity index (χ2v) is 4.24. The lowest BCUT2D eigenvalue weighted by Crippen LogP contribution is -2.35. The Bertz CT molecular complexity index is 163. The normalized spacial score (nSPS) is 14.2. The van der Waals surface area contributed by atoms with Crippen molar-refractivity contribution in [2.75, 3.05) is 14.1 Å². The summed E-state index contributed by atoms with van der Waals surface area (Å²) in [5, 5.41) is 8.72. The van der Waals surface area contributed by atoms with E-state index in [9.17, 15) is 9.90 Å². The third-order valence-corrected chi connectivity index (χ3v) is 1.73. The minimum Gasteiger partial charge on any atom is -0.390 e. The van der Waals surface area contributed by atoms with E-state index in [2.05, 4.69) is 0 Å². The predicted octanol–water partition coefficient (Wildman–Crippen LogP) is 0.843. The highest BCUT2D eigenvalue weighted by molar-refractivity contribution is 6.30. The molecule has 0 radical (unpaired) electrons. The van der Waals surface area contributed by atoms with Crippen molar-refractivity contribution < 1.29 is 9.90 Å². The number of hydrogen-bond donors (Lipinski definition) is 1. The lowest BCUT2D eigenvalue weighted by molar-refractivity contribution is -0.129. The molecule has 0 saturated carbocycles. The highest BCUT2D eigenvalue weighted by atomic mass is 35.5. The second kappa shape index (κ2) is 4.10. The van der Waals surface area contributed by atoms with Crippen molar-refractivity contribution in [1.29, 1.82) is 0 Å². The molecule has 0 aromatic heterocycles. The molecule has 1 N–H and O–H groups in total. The third kappa shape index (κ3) is 4.57. The molecule has 0 fully saturated rings. The Balaban J connectivity index is 4.05. The van der Waals surface area contributed by atoms with Crippen LogP contribution in [0.25, 0.3) is 0 Å². The van der Waals surface area contributed by atoms with E-state index in [4.69, 9.17) is 11.6 Å². The molecule has 0 aliphatic heterocycles. The molecule has 0 aromatic rings. The molecular formula is C8H16ClNO2. The van der Waals surface area contributed by atoms with Gasteiger partial charge in [0.2, 0.25) is 5.91 Å². The molecule has 72 valence electrons. The average molecular weight is 194 g/mol. The van der Waals surface area contributed by atoms with Crippen molar-refractivity contribution in [3.05, 3.63) is 0 Å². The van der Waals surface area contributed by atoms with Crippen LogP contribution in [-0.2, 0) is 4.79 Å². The van der Waals surface area contributed by atoms with Gasteiger partial charge in [-0.3, -0.25) is 4.79 Å². The van der Waals surface area contributed by atoms with Crippen LogP contribution in [0.15, 0.2) is 0 Å². The molecule has 0 aromatic carbocycles. The molecule has 3 nitrogen and oxygen atoms in total. The van der Waals surface area contributed by atoms with E-state index in [1.165, 1.54) is 4.90 Å². The predicted molar refractivity (Wildman–Crippen MR) is 49.2 cm³/mol. The topological polar surface area (TPSA) is 40.5 Å². The van der Waals surface area contributed by atoms with Gasteiger partial charge < -0.3 is 10.0 Å². The highest BCUT2D eigenvalue weighted by Crippen LogP contribution is 2.16. The first kappa shape index (κ1) is 11.7. The zero-order chi connectivity index (χ0) is 9.94. The zero-order valence-corrected chi connectivity index (χ0v) is 8.72. The van der Waals surface area contributed by atoms with E-state index in [-0.39, 0.29) is 12.3 Å². The number of halogens is 1. The summed E-state index contributed by atoms with van der Waals surface area (Å²) >= 11 is 5.76. The SMILES string of the molecule is CN(C)C(=O)C(Cl)CC(C)(C)O. The van der Waals surface area contributed by atoms with Gasteiger partial charge in [0.05, 0.1) is 5.60 Å². The standard InChI is InChI=1S/C8H16ClNO2/c1-8(2,12)5-6(9)7(11)10(3)4/h6,12H,5H2,1-4H3. The molecule has 1 amide bonds. The van der Waals surface area contributed by atoms with Crippen molar-refractivity contribution in [3.8, 4) is 0 Å². The molecule has 0 saturated heterocycles. The van der Waals surface area contributed by atoms with Crippen LogP contribution in [0, 0.1) is 0 Å². The van der Waals surface area contributed by atoms with Gasteiger partial charge in [0.15, 0.2) is 0 Å². The fraction of sp³-hybridized carbons (Fsp3) is 0.875. The summed E-state index contributed by atoms with van der Waals surface area (Å²) in [6, 6.07) is 0. The van der Waals surface area contributed by atoms with Crippen LogP contribution in [0.1, 0.15) is 20.3 Å². The fourth-order valence-electron chi connectivity index (χ4n) is 0.806. The molecule has 0 spiro atoms. The van der Waals surface area contributed by atoms with E-state index in [0.29, 0.717) is 0 Å². The smallest absolute Gasteiger partial charge is 0.240 e. The quantitative estimate of drug-likeness (QED) is 0.675. The lowest BCUT2D eigenvalue weighted by Gasteiger charge is -2.22. The summed E-state index contributed by atoms with van der Waals surface area (Å²) in [4.78, 5) is 12.6. The number of aliphatic hydroxyl groups is 1. The van der Waals surface area contributed by atoms with Crippen LogP contribution in [0.3, 0.4) is 0 Å². The highest BCUT2D eigenvalue weighted by Gasteiger charge is 2.24. The number of carbonyl (C=O) groups excluding carboxylic acids is 1. The summed E-state index contributed by atoms with van der Waals surface area (Å²) in [7, 11) is 3.28. The van der Waals surface area contributed by atoms with Gasteiger partial charge in [-0.1, -0.05) is 0 Å². The van der Waals surface area contributed by atoms with Crippen molar-refractivity contribution in [3.63, 3.8) is 0 Å². The van der Waals surface area contributed by atoms with Gasteiger partial charge in [-0.05, 0) is 13.8 Å². The lowest BCUT2D eigenvalue weighted by atomic mass is 10.0. The van der Waals surface area contributed by atoms with Crippen LogP contribution >= 0.6 is 11.6 Å². The van der Waals surface area contributed by atoms with E-state index in [0.717, 1.165) is 0 Å². The van der Waals surface area contributed by atoms with Crippen molar-refractivity contribution in [1.82, 2.24) is 4.90 Å². The van der Waals surface area contributed by atoms with Gasteiger partial charge in [0.25, 0.3) is 0 Å². The van der Waals surface area contributed by atoms with E-state index >= 15 is 0 Å². The maximum atomic E-state index is 11.2. The van der Waals surface area contributed by atoms with Gasteiger partial charge in [0.1, 0.15) is 5.38 Å². The monoisotopic (exact) mass is 193 g/mol. The molecule has 0 aliphatic rings. The Hall–Kier alpha value is -0.280. The second-order valence-electron chi connectivity index (χ2n) is 3.72. The average Bonchev–Trinajstić information content (AvgIpc) is 1.82. The zero-order valence-electron chi connectivity index (χ0n) is 7.97.